The Kier molecular flexibility index (Phi) is 8.22. The third-order valence-corrected chi connectivity index (χ3v) is 3.36. The van der Waals surface area contributed by atoms with Crippen LogP contribution in [0.4, 0.5) is 0 Å². The van der Waals surface area contributed by atoms with Crippen molar-refractivity contribution in [3.63, 3.8) is 0 Å². The number of hydrogen-bond acceptors (Lipinski definition) is 6. The van der Waals surface area contributed by atoms with E-state index in [2.05, 4.69) is 6.92 Å². The van der Waals surface area contributed by atoms with E-state index in [-0.39, 0.29) is 6.42 Å². The molecular weight excluding hydrogens is 268 g/mol. The zero-order chi connectivity index (χ0) is 15.8. The minimum absolute atomic E-state index is 0.128. The summed E-state index contributed by atoms with van der Waals surface area (Å²) in [6.45, 7) is 2.11. The Bertz CT molecular complexity index is 288. The topological polar surface area (TPSA) is 138 Å². The molecule has 20 heavy (non-hydrogen) atoms. The second kappa shape index (κ2) is 8.53. The highest BCUT2D eigenvalue weighted by Crippen LogP contribution is 2.25. The number of aliphatic hydroxyl groups is 5. The van der Waals surface area contributed by atoms with Gasteiger partial charge in [-0.2, -0.15) is 0 Å². The molecule has 0 aromatic carbocycles. The normalized spacial score (nSPS) is 14.3. The highest BCUT2D eigenvalue weighted by Gasteiger charge is 2.58. The van der Waals surface area contributed by atoms with Gasteiger partial charge in [0.25, 0.3) is 5.79 Å². The Balaban J connectivity index is 4.08. The van der Waals surface area contributed by atoms with E-state index < -0.39 is 23.6 Å². The van der Waals surface area contributed by atoms with Crippen molar-refractivity contribution in [1.82, 2.24) is 0 Å². The van der Waals surface area contributed by atoms with Gasteiger partial charge >= 0.3 is 11.8 Å². The smallest absolute Gasteiger partial charge is 0.370 e. The van der Waals surface area contributed by atoms with E-state index in [0.29, 0.717) is 6.42 Å². The fraction of sp³-hybridized carbons (Fsp3) is 0.923. The molecule has 0 fully saturated rings. The number of hydrogen-bond donors (Lipinski definition) is 6. The molecule has 0 spiro atoms. The maximum absolute atomic E-state index is 10.5. The van der Waals surface area contributed by atoms with Gasteiger partial charge in [-0.1, -0.05) is 51.9 Å². The van der Waals surface area contributed by atoms with E-state index in [4.69, 9.17) is 15.3 Å². The predicted molar refractivity (Wildman–Crippen MR) is 70.6 cm³/mol. The summed E-state index contributed by atoms with van der Waals surface area (Å²) in [5.74, 6) is -9.56. The van der Waals surface area contributed by atoms with Gasteiger partial charge < -0.3 is 30.6 Å². The predicted octanol–water partition coefficient (Wildman–Crippen LogP) is -0.0656. The zero-order valence-electron chi connectivity index (χ0n) is 11.8. The molecule has 0 aromatic rings. The van der Waals surface area contributed by atoms with Crippen LogP contribution < -0.4 is 0 Å². The fourth-order valence-corrected chi connectivity index (χ4v) is 1.89. The molecule has 1 atom stereocenters. The minimum Gasteiger partial charge on any atom is -0.477 e. The molecule has 7 heteroatoms. The monoisotopic (exact) mass is 294 g/mol. The molecular formula is C13H26O7. The number of carboxylic acid groups (broad SMARTS) is 1. The van der Waals surface area contributed by atoms with E-state index in [1.54, 1.807) is 0 Å². The standard InChI is InChI=1S/C13H26O7/c1-2-3-4-5-6-7-8-9-10(14)12(17,18)13(19,20)11(15)16/h10,14,17-20H,2-9H2,1H3,(H,15,16). The molecule has 0 saturated heterocycles. The van der Waals surface area contributed by atoms with Crippen LogP contribution in [0.2, 0.25) is 0 Å². The van der Waals surface area contributed by atoms with Crippen molar-refractivity contribution < 1.29 is 35.4 Å². The van der Waals surface area contributed by atoms with E-state index in [1.807, 2.05) is 0 Å². The van der Waals surface area contributed by atoms with Gasteiger partial charge in [0.1, 0.15) is 6.10 Å². The summed E-state index contributed by atoms with van der Waals surface area (Å²) in [5.41, 5.74) is 0. The molecule has 0 amide bonds. The highest BCUT2D eigenvalue weighted by molar-refractivity contribution is 5.76. The van der Waals surface area contributed by atoms with Crippen LogP contribution in [-0.2, 0) is 4.79 Å². The van der Waals surface area contributed by atoms with Crippen LogP contribution >= 0.6 is 0 Å². The van der Waals surface area contributed by atoms with Crippen molar-refractivity contribution in [2.75, 3.05) is 0 Å². The molecule has 0 saturated carbocycles. The first kappa shape index (κ1) is 19.3. The number of unbranched alkanes of at least 4 members (excludes halogenated alkanes) is 6. The van der Waals surface area contributed by atoms with Crippen LogP contribution in [0.1, 0.15) is 58.3 Å². The van der Waals surface area contributed by atoms with Crippen LogP contribution in [0.25, 0.3) is 0 Å². The van der Waals surface area contributed by atoms with Crippen LogP contribution in [0.3, 0.4) is 0 Å². The van der Waals surface area contributed by atoms with Gasteiger partial charge in [0.15, 0.2) is 0 Å². The number of aliphatic hydroxyl groups excluding tert-OH is 1. The van der Waals surface area contributed by atoms with Crippen molar-refractivity contribution in [2.45, 2.75) is 76.0 Å². The largest absolute Gasteiger partial charge is 0.477 e. The van der Waals surface area contributed by atoms with Crippen LogP contribution in [0, 0.1) is 0 Å². The third-order valence-electron chi connectivity index (χ3n) is 3.36. The van der Waals surface area contributed by atoms with E-state index >= 15 is 0 Å². The maximum Gasteiger partial charge on any atom is 0.370 e. The summed E-state index contributed by atoms with van der Waals surface area (Å²) in [4.78, 5) is 10.5. The van der Waals surface area contributed by atoms with Crippen LogP contribution in [-0.4, -0.2) is 54.3 Å². The van der Waals surface area contributed by atoms with Crippen molar-refractivity contribution in [3.8, 4) is 0 Å². The number of carboxylic acids is 1. The molecule has 0 aromatic heterocycles. The SMILES string of the molecule is CCCCCCCCCC(O)C(O)(O)C(O)(O)C(=O)O. The molecule has 0 aliphatic rings. The zero-order valence-corrected chi connectivity index (χ0v) is 11.8. The Morgan fingerprint density at radius 3 is 1.85 bits per heavy atom. The minimum atomic E-state index is -3.81. The van der Waals surface area contributed by atoms with Crippen molar-refractivity contribution in [2.24, 2.45) is 0 Å². The average Bonchev–Trinajstić information content (AvgIpc) is 2.36. The number of carbonyl (C=O) groups is 1. The molecule has 1 unspecified atom stereocenters. The Hall–Kier alpha value is -0.730. The first-order valence-corrected chi connectivity index (χ1v) is 6.98. The highest BCUT2D eigenvalue weighted by atomic mass is 16.6. The molecule has 0 bridgehead atoms. The summed E-state index contributed by atoms with van der Waals surface area (Å²) in [6, 6.07) is 0. The second-order valence-electron chi connectivity index (χ2n) is 5.13. The summed E-state index contributed by atoms with van der Waals surface area (Å²) >= 11 is 0. The Morgan fingerprint density at radius 1 is 0.950 bits per heavy atom. The summed E-state index contributed by atoms with van der Waals surface area (Å²) in [6.07, 6.45) is 4.50. The number of aliphatic carboxylic acids is 1. The van der Waals surface area contributed by atoms with Crippen molar-refractivity contribution in [3.05, 3.63) is 0 Å². The lowest BCUT2D eigenvalue weighted by molar-refractivity contribution is -0.371. The molecule has 0 aliphatic carbocycles. The van der Waals surface area contributed by atoms with Crippen LogP contribution in [0.5, 0.6) is 0 Å². The van der Waals surface area contributed by atoms with Crippen molar-refractivity contribution >= 4 is 5.97 Å². The van der Waals surface area contributed by atoms with Gasteiger partial charge in [-0.15, -0.1) is 0 Å². The second-order valence-corrected chi connectivity index (χ2v) is 5.13. The lowest BCUT2D eigenvalue weighted by atomic mass is 9.95. The molecule has 7 nitrogen and oxygen atoms in total. The van der Waals surface area contributed by atoms with Crippen molar-refractivity contribution in [1.29, 1.82) is 0 Å². The van der Waals surface area contributed by atoms with Gasteiger partial charge in [0, 0.05) is 0 Å². The quantitative estimate of drug-likeness (QED) is 0.232. The van der Waals surface area contributed by atoms with Gasteiger partial charge in [0.05, 0.1) is 0 Å². The fourth-order valence-electron chi connectivity index (χ4n) is 1.89. The maximum atomic E-state index is 10.5. The first-order chi connectivity index (χ1) is 9.17. The molecule has 120 valence electrons. The molecule has 0 rings (SSSR count). The molecule has 0 radical (unpaired) electrons. The van der Waals surface area contributed by atoms with E-state index in [0.717, 1.165) is 38.5 Å². The Morgan fingerprint density at radius 2 is 1.40 bits per heavy atom. The first-order valence-electron chi connectivity index (χ1n) is 6.98. The summed E-state index contributed by atoms with van der Waals surface area (Å²) in [5, 5.41) is 54.9. The van der Waals surface area contributed by atoms with E-state index in [1.165, 1.54) is 0 Å². The molecule has 6 N–H and O–H groups in total. The Labute approximate surface area is 118 Å². The van der Waals surface area contributed by atoms with Gasteiger partial charge in [-0.3, -0.25) is 0 Å². The van der Waals surface area contributed by atoms with E-state index in [9.17, 15) is 20.1 Å². The van der Waals surface area contributed by atoms with Gasteiger partial charge in [-0.05, 0) is 6.42 Å². The lowest BCUT2D eigenvalue weighted by Gasteiger charge is -2.34. The number of rotatable bonds is 11. The van der Waals surface area contributed by atoms with Gasteiger partial charge in [-0.25, -0.2) is 4.79 Å². The average molecular weight is 294 g/mol. The third kappa shape index (κ3) is 5.34. The summed E-state index contributed by atoms with van der Waals surface area (Å²) in [7, 11) is 0. The lowest BCUT2D eigenvalue weighted by Crippen LogP contribution is -2.65. The van der Waals surface area contributed by atoms with Gasteiger partial charge in [0.2, 0.25) is 0 Å². The summed E-state index contributed by atoms with van der Waals surface area (Å²) < 4.78 is 0. The molecule has 0 aliphatic heterocycles. The van der Waals surface area contributed by atoms with Crippen LogP contribution in [0.15, 0.2) is 0 Å². The molecule has 0 heterocycles.